The van der Waals surface area contributed by atoms with Crippen molar-refractivity contribution in [2.75, 3.05) is 11.4 Å². The molecule has 190 valence electrons. The van der Waals surface area contributed by atoms with Crippen molar-refractivity contribution in [3.8, 4) is 11.4 Å². The maximum Gasteiger partial charge on any atom is 0.222 e. The molecule has 1 N–H and O–H groups in total. The van der Waals surface area contributed by atoms with Crippen molar-refractivity contribution in [2.45, 2.75) is 25.9 Å². The number of halogens is 1. The van der Waals surface area contributed by atoms with Gasteiger partial charge in [0.1, 0.15) is 11.6 Å². The quantitative estimate of drug-likeness (QED) is 0.242. The second-order valence-corrected chi connectivity index (χ2v) is 9.25. The van der Waals surface area contributed by atoms with Gasteiger partial charge in [-0.15, -0.1) is 0 Å². The third-order valence-corrected chi connectivity index (χ3v) is 6.49. The van der Waals surface area contributed by atoms with Crippen molar-refractivity contribution in [3.05, 3.63) is 126 Å². The number of hydrogen-bond donors (Lipinski definition) is 1. The summed E-state index contributed by atoms with van der Waals surface area (Å²) >= 11 is 0. The number of aromatic nitrogens is 2. The zero-order valence-electron chi connectivity index (χ0n) is 21.2. The lowest BCUT2D eigenvalue weighted by atomic mass is 10.1. The Balaban J connectivity index is 1.46. The van der Waals surface area contributed by atoms with Gasteiger partial charge in [-0.3, -0.25) is 4.79 Å². The molecule has 1 heterocycles. The van der Waals surface area contributed by atoms with Gasteiger partial charge in [-0.25, -0.2) is 14.4 Å². The van der Waals surface area contributed by atoms with Crippen LogP contribution in [0.2, 0.25) is 0 Å². The van der Waals surface area contributed by atoms with E-state index in [4.69, 9.17) is 9.97 Å². The molecule has 0 saturated heterocycles. The molecular formula is C32H29FN4O. The summed E-state index contributed by atoms with van der Waals surface area (Å²) in [5.74, 6) is 0.911. The van der Waals surface area contributed by atoms with Crippen molar-refractivity contribution in [3.63, 3.8) is 0 Å². The molecule has 5 nitrogen and oxygen atoms in total. The molecule has 0 unspecified atom stereocenters. The summed E-state index contributed by atoms with van der Waals surface area (Å²) in [6.45, 7) is 3.03. The van der Waals surface area contributed by atoms with Gasteiger partial charge >= 0.3 is 0 Å². The molecule has 1 atom stereocenters. The fourth-order valence-corrected chi connectivity index (χ4v) is 4.47. The number of nitrogens with one attached hydrogen (secondary N) is 1. The average molecular weight is 505 g/mol. The molecule has 38 heavy (non-hydrogen) atoms. The smallest absolute Gasteiger partial charge is 0.222 e. The number of fused-ring (bicyclic) bond motifs is 1. The lowest BCUT2D eigenvalue weighted by Gasteiger charge is -2.26. The van der Waals surface area contributed by atoms with Crippen molar-refractivity contribution < 1.29 is 9.18 Å². The van der Waals surface area contributed by atoms with E-state index in [1.54, 1.807) is 12.1 Å². The van der Waals surface area contributed by atoms with Crippen LogP contribution in [0.4, 0.5) is 10.2 Å². The van der Waals surface area contributed by atoms with Crippen LogP contribution in [-0.2, 0) is 11.3 Å². The molecule has 0 fully saturated rings. The van der Waals surface area contributed by atoms with Crippen molar-refractivity contribution in [1.82, 2.24) is 15.3 Å². The number of anilines is 1. The zero-order chi connectivity index (χ0) is 26.3. The molecule has 0 saturated carbocycles. The highest BCUT2D eigenvalue weighted by Crippen LogP contribution is 2.29. The van der Waals surface area contributed by atoms with E-state index in [-0.39, 0.29) is 17.8 Å². The second-order valence-electron chi connectivity index (χ2n) is 9.25. The van der Waals surface area contributed by atoms with Gasteiger partial charge in [0, 0.05) is 30.5 Å². The maximum absolute atomic E-state index is 13.6. The Morgan fingerprint density at radius 1 is 0.842 bits per heavy atom. The highest BCUT2D eigenvalue weighted by Gasteiger charge is 2.18. The van der Waals surface area contributed by atoms with Crippen LogP contribution in [0.5, 0.6) is 0 Å². The predicted octanol–water partition coefficient (Wildman–Crippen LogP) is 6.71. The van der Waals surface area contributed by atoms with Crippen molar-refractivity contribution >= 4 is 22.6 Å². The maximum atomic E-state index is 13.6. The van der Waals surface area contributed by atoms with Crippen LogP contribution in [0.15, 0.2) is 109 Å². The number of carbonyl (C=O) groups is 1. The molecule has 4 aromatic carbocycles. The Kier molecular flexibility index (Phi) is 7.69. The highest BCUT2D eigenvalue weighted by atomic mass is 19.1. The molecule has 0 bridgehead atoms. The van der Waals surface area contributed by atoms with Gasteiger partial charge in [0.25, 0.3) is 0 Å². The Morgan fingerprint density at radius 3 is 2.24 bits per heavy atom. The highest BCUT2D eigenvalue weighted by molar-refractivity contribution is 5.91. The predicted molar refractivity (Wildman–Crippen MR) is 150 cm³/mol. The number of carbonyl (C=O) groups excluding carboxylic acids is 1. The molecule has 0 aliphatic heterocycles. The summed E-state index contributed by atoms with van der Waals surface area (Å²) in [5.41, 5.74) is 3.69. The first-order valence-electron chi connectivity index (χ1n) is 12.7. The van der Waals surface area contributed by atoms with E-state index in [1.807, 2.05) is 79.7 Å². The SMILES string of the molecule is C[C@H](NC(=O)CCN(Cc1ccccc1)c1nc(-c2ccc(F)cc2)nc2ccccc12)c1ccccc1. The third kappa shape index (κ3) is 6.03. The summed E-state index contributed by atoms with van der Waals surface area (Å²) in [6.07, 6.45) is 0.300. The van der Waals surface area contributed by atoms with Gasteiger partial charge < -0.3 is 10.2 Å². The average Bonchev–Trinajstić information content (AvgIpc) is 2.96. The summed E-state index contributed by atoms with van der Waals surface area (Å²) in [6, 6.07) is 34.0. The standard InChI is InChI=1S/C32H29FN4O/c1-23(25-12-6-3-7-13-25)34-30(38)20-21-37(22-24-10-4-2-5-11-24)32-28-14-8-9-15-29(28)35-31(36-32)26-16-18-27(33)19-17-26/h2-19,23H,20-22H2,1H3,(H,34,38)/t23-/m0/s1. The van der Waals surface area contributed by atoms with E-state index in [9.17, 15) is 9.18 Å². The molecule has 0 spiro atoms. The number of para-hydroxylation sites is 1. The van der Waals surface area contributed by atoms with Crippen LogP contribution in [0.3, 0.4) is 0 Å². The van der Waals surface area contributed by atoms with Crippen molar-refractivity contribution in [1.29, 1.82) is 0 Å². The minimum absolute atomic E-state index is 0.0310. The number of nitrogens with zero attached hydrogens (tertiary/aromatic N) is 3. The van der Waals surface area contributed by atoms with Crippen LogP contribution < -0.4 is 10.2 Å². The van der Waals surface area contributed by atoms with Crippen LogP contribution in [0, 0.1) is 5.82 Å². The minimum atomic E-state index is -0.309. The van der Waals surface area contributed by atoms with Gasteiger partial charge in [0.05, 0.1) is 11.6 Å². The zero-order valence-corrected chi connectivity index (χ0v) is 21.2. The summed E-state index contributed by atoms with van der Waals surface area (Å²) < 4.78 is 13.6. The topological polar surface area (TPSA) is 58.1 Å². The molecular weight excluding hydrogens is 475 g/mol. The summed E-state index contributed by atoms with van der Waals surface area (Å²) in [7, 11) is 0. The fraction of sp³-hybridized carbons (Fsp3) is 0.156. The lowest BCUT2D eigenvalue weighted by molar-refractivity contribution is -0.121. The van der Waals surface area contributed by atoms with E-state index < -0.39 is 0 Å². The van der Waals surface area contributed by atoms with Gasteiger partial charge in [-0.2, -0.15) is 0 Å². The third-order valence-electron chi connectivity index (χ3n) is 6.49. The van der Waals surface area contributed by atoms with Crippen LogP contribution in [0.25, 0.3) is 22.3 Å². The van der Waals surface area contributed by atoms with Gasteiger partial charge in [0.2, 0.25) is 5.91 Å². The normalized spacial score (nSPS) is 11.7. The number of amides is 1. The molecule has 1 amide bonds. The first kappa shape index (κ1) is 25.1. The largest absolute Gasteiger partial charge is 0.351 e. The lowest BCUT2D eigenvalue weighted by Crippen LogP contribution is -2.32. The molecule has 0 aliphatic carbocycles. The summed E-state index contributed by atoms with van der Waals surface area (Å²) in [4.78, 5) is 24.8. The number of rotatable bonds is 9. The van der Waals surface area contributed by atoms with Gasteiger partial charge in [-0.1, -0.05) is 72.8 Å². The minimum Gasteiger partial charge on any atom is -0.351 e. The van der Waals surface area contributed by atoms with Crippen LogP contribution in [0.1, 0.15) is 30.5 Å². The van der Waals surface area contributed by atoms with Crippen LogP contribution >= 0.6 is 0 Å². The van der Waals surface area contributed by atoms with E-state index in [2.05, 4.69) is 22.3 Å². The molecule has 5 rings (SSSR count). The molecule has 6 heteroatoms. The van der Waals surface area contributed by atoms with Gasteiger partial charge in [-0.05, 0) is 54.4 Å². The van der Waals surface area contributed by atoms with Gasteiger partial charge in [0.15, 0.2) is 5.82 Å². The summed E-state index contributed by atoms with van der Waals surface area (Å²) in [5, 5.41) is 4.01. The van der Waals surface area contributed by atoms with Crippen molar-refractivity contribution in [2.24, 2.45) is 0 Å². The van der Waals surface area contributed by atoms with E-state index >= 15 is 0 Å². The first-order valence-corrected chi connectivity index (χ1v) is 12.7. The van der Waals surface area contributed by atoms with E-state index in [0.29, 0.717) is 25.3 Å². The molecule has 0 radical (unpaired) electrons. The Bertz CT molecular complexity index is 1510. The first-order chi connectivity index (χ1) is 18.6. The van der Waals surface area contributed by atoms with E-state index in [0.717, 1.165) is 33.4 Å². The molecule has 0 aliphatic rings. The van der Waals surface area contributed by atoms with Crippen LogP contribution in [-0.4, -0.2) is 22.4 Å². The number of hydrogen-bond acceptors (Lipinski definition) is 4. The number of benzene rings is 4. The fourth-order valence-electron chi connectivity index (χ4n) is 4.47. The Hall–Kier alpha value is -4.58. The molecule has 1 aromatic heterocycles. The Morgan fingerprint density at radius 2 is 1.50 bits per heavy atom. The molecule has 5 aromatic rings. The monoisotopic (exact) mass is 504 g/mol. The second kappa shape index (κ2) is 11.6. The Labute approximate surface area is 222 Å². The van der Waals surface area contributed by atoms with E-state index in [1.165, 1.54) is 12.1 Å².